The molecule has 1 aliphatic rings. The Morgan fingerprint density at radius 2 is 1.92 bits per heavy atom. The molecule has 5 nitrogen and oxygen atoms in total. The molecule has 1 unspecified atom stereocenters. The first-order valence-electron chi connectivity index (χ1n) is 8.60. The summed E-state index contributed by atoms with van der Waals surface area (Å²) >= 11 is 1.42. The minimum absolute atomic E-state index is 0.0229. The molecule has 1 fully saturated rings. The summed E-state index contributed by atoms with van der Waals surface area (Å²) in [6.45, 7) is 2.78. The molecule has 1 saturated heterocycles. The van der Waals surface area contributed by atoms with Crippen molar-refractivity contribution in [1.82, 2.24) is 5.32 Å². The van der Waals surface area contributed by atoms with E-state index in [9.17, 15) is 4.79 Å². The summed E-state index contributed by atoms with van der Waals surface area (Å²) < 4.78 is 5.55. The van der Waals surface area contributed by atoms with Gasteiger partial charge in [0.1, 0.15) is 5.75 Å². The van der Waals surface area contributed by atoms with Gasteiger partial charge in [-0.2, -0.15) is 5.10 Å². The first-order chi connectivity index (χ1) is 12.7. The maximum Gasteiger partial charge on any atom is 0.239 e. The molecule has 2 aromatic rings. The largest absolute Gasteiger partial charge is 0.494 e. The highest BCUT2D eigenvalue weighted by Crippen LogP contribution is 2.23. The van der Waals surface area contributed by atoms with Gasteiger partial charge >= 0.3 is 0 Å². The summed E-state index contributed by atoms with van der Waals surface area (Å²) in [7, 11) is 0. The molecule has 0 spiro atoms. The van der Waals surface area contributed by atoms with Gasteiger partial charge in [0, 0.05) is 0 Å². The van der Waals surface area contributed by atoms with E-state index < -0.39 is 0 Å². The topological polar surface area (TPSA) is 63.1 Å². The standard InChI is InChI=1S/C20H21N3O2S/c1-2-12-25-17-10-8-16(9-11-17)14-21-23-20-22-19(24)18(26-20)13-15-6-4-3-5-7-15/h3-11,14,18H,2,12-13H2,1H3,(H,22,23,24)/b21-14+. The lowest BCUT2D eigenvalue weighted by Crippen LogP contribution is -2.25. The van der Waals surface area contributed by atoms with Crippen molar-refractivity contribution in [3.63, 3.8) is 0 Å². The number of carbonyl (C=O) groups is 1. The third-order valence-corrected chi connectivity index (χ3v) is 4.82. The van der Waals surface area contributed by atoms with Crippen LogP contribution in [0, 0.1) is 0 Å². The van der Waals surface area contributed by atoms with Crippen LogP contribution in [0.3, 0.4) is 0 Å². The quantitative estimate of drug-likeness (QED) is 0.600. The number of hydrogen-bond acceptors (Lipinski definition) is 5. The molecular formula is C20H21N3O2S. The zero-order valence-corrected chi connectivity index (χ0v) is 15.4. The zero-order chi connectivity index (χ0) is 18.2. The smallest absolute Gasteiger partial charge is 0.239 e. The number of amidine groups is 1. The van der Waals surface area contributed by atoms with Gasteiger partial charge in [0.25, 0.3) is 0 Å². The third kappa shape index (κ3) is 5.20. The molecule has 1 amide bonds. The predicted molar refractivity (Wildman–Crippen MR) is 107 cm³/mol. The average molecular weight is 367 g/mol. The van der Waals surface area contributed by atoms with Crippen molar-refractivity contribution in [3.05, 3.63) is 65.7 Å². The monoisotopic (exact) mass is 367 g/mol. The first kappa shape index (κ1) is 18.2. The molecule has 26 heavy (non-hydrogen) atoms. The predicted octanol–water partition coefficient (Wildman–Crippen LogP) is 3.64. The molecule has 0 aliphatic carbocycles. The Kier molecular flexibility index (Phi) is 6.44. The van der Waals surface area contributed by atoms with Crippen LogP contribution in [0.2, 0.25) is 0 Å². The van der Waals surface area contributed by atoms with Crippen molar-refractivity contribution in [2.75, 3.05) is 6.61 Å². The molecular weight excluding hydrogens is 346 g/mol. The van der Waals surface area contributed by atoms with Gasteiger partial charge in [-0.05, 0) is 48.2 Å². The van der Waals surface area contributed by atoms with E-state index >= 15 is 0 Å². The number of benzene rings is 2. The summed E-state index contributed by atoms with van der Waals surface area (Å²) in [5.74, 6) is 0.822. The Morgan fingerprint density at radius 1 is 1.15 bits per heavy atom. The molecule has 6 heteroatoms. The van der Waals surface area contributed by atoms with Crippen LogP contribution < -0.4 is 10.1 Å². The van der Waals surface area contributed by atoms with Crippen molar-refractivity contribution in [3.8, 4) is 5.75 Å². The number of ether oxygens (including phenoxy) is 1. The van der Waals surface area contributed by atoms with E-state index in [4.69, 9.17) is 4.74 Å². The Labute approximate surface area is 157 Å². The van der Waals surface area contributed by atoms with Crippen LogP contribution >= 0.6 is 11.8 Å². The normalized spacial score (nSPS) is 18.4. The fourth-order valence-corrected chi connectivity index (χ4v) is 3.40. The van der Waals surface area contributed by atoms with Gasteiger partial charge in [-0.15, -0.1) is 5.10 Å². The van der Waals surface area contributed by atoms with Gasteiger partial charge < -0.3 is 10.1 Å². The Balaban J connectivity index is 1.55. The Hall–Kier alpha value is -2.60. The van der Waals surface area contributed by atoms with Gasteiger partial charge in [-0.25, -0.2) is 0 Å². The highest BCUT2D eigenvalue weighted by Gasteiger charge is 2.30. The lowest BCUT2D eigenvalue weighted by molar-refractivity contribution is -0.118. The van der Waals surface area contributed by atoms with Crippen LogP contribution in [0.5, 0.6) is 5.75 Å². The molecule has 134 valence electrons. The molecule has 0 radical (unpaired) electrons. The van der Waals surface area contributed by atoms with Crippen molar-refractivity contribution in [1.29, 1.82) is 0 Å². The van der Waals surface area contributed by atoms with E-state index in [1.54, 1.807) is 6.21 Å². The molecule has 0 saturated carbocycles. The summed E-state index contributed by atoms with van der Waals surface area (Å²) in [5, 5.41) is 11.4. The molecule has 0 aromatic heterocycles. The number of amides is 1. The van der Waals surface area contributed by atoms with Crippen LogP contribution in [0.4, 0.5) is 0 Å². The molecule has 0 bridgehead atoms. The van der Waals surface area contributed by atoms with Crippen molar-refractivity contribution < 1.29 is 9.53 Å². The highest BCUT2D eigenvalue weighted by atomic mass is 32.2. The third-order valence-electron chi connectivity index (χ3n) is 3.75. The van der Waals surface area contributed by atoms with E-state index in [1.807, 2.05) is 54.6 Å². The van der Waals surface area contributed by atoms with E-state index in [0.717, 1.165) is 23.3 Å². The van der Waals surface area contributed by atoms with Crippen LogP contribution in [0.1, 0.15) is 24.5 Å². The summed E-state index contributed by atoms with van der Waals surface area (Å²) in [5.41, 5.74) is 2.06. The maximum atomic E-state index is 12.1. The van der Waals surface area contributed by atoms with Crippen molar-refractivity contribution >= 4 is 29.1 Å². The molecule has 1 aliphatic heterocycles. The van der Waals surface area contributed by atoms with Crippen LogP contribution in [-0.4, -0.2) is 29.1 Å². The summed E-state index contributed by atoms with van der Waals surface area (Å²) in [6.07, 6.45) is 3.32. The fourth-order valence-electron chi connectivity index (χ4n) is 2.43. The minimum Gasteiger partial charge on any atom is -0.494 e. The van der Waals surface area contributed by atoms with Crippen LogP contribution in [0.25, 0.3) is 0 Å². The highest BCUT2D eigenvalue weighted by molar-refractivity contribution is 8.15. The average Bonchev–Trinajstić information content (AvgIpc) is 3.01. The minimum atomic E-state index is -0.165. The van der Waals surface area contributed by atoms with Crippen LogP contribution in [-0.2, 0) is 11.2 Å². The van der Waals surface area contributed by atoms with Gasteiger partial charge in [0.15, 0.2) is 5.17 Å². The number of rotatable bonds is 7. The van der Waals surface area contributed by atoms with Gasteiger partial charge in [-0.1, -0.05) is 49.0 Å². The number of nitrogens with one attached hydrogen (secondary N) is 1. The van der Waals surface area contributed by atoms with E-state index in [2.05, 4.69) is 22.4 Å². The SMILES string of the molecule is CCCOc1ccc(/C=N/N=C2\NC(=O)C(Cc3ccccc3)S2)cc1. The molecule has 1 heterocycles. The van der Waals surface area contributed by atoms with Gasteiger partial charge in [0.2, 0.25) is 5.91 Å². The lowest BCUT2D eigenvalue weighted by Gasteiger charge is -2.04. The Bertz CT molecular complexity index is 788. The first-order valence-corrected chi connectivity index (χ1v) is 9.48. The molecule has 1 N–H and O–H groups in total. The summed E-state index contributed by atoms with van der Waals surface area (Å²) in [4.78, 5) is 12.1. The van der Waals surface area contributed by atoms with E-state index in [-0.39, 0.29) is 11.2 Å². The lowest BCUT2D eigenvalue weighted by atomic mass is 10.1. The number of hydrogen-bond donors (Lipinski definition) is 1. The molecule has 1 atom stereocenters. The number of thioether (sulfide) groups is 1. The second kappa shape index (κ2) is 9.20. The maximum absolute atomic E-state index is 12.1. The van der Waals surface area contributed by atoms with Crippen LogP contribution in [0.15, 0.2) is 64.8 Å². The second-order valence-corrected chi connectivity index (χ2v) is 7.04. The second-order valence-electron chi connectivity index (χ2n) is 5.85. The van der Waals surface area contributed by atoms with E-state index in [0.29, 0.717) is 18.2 Å². The van der Waals surface area contributed by atoms with Gasteiger partial charge in [0.05, 0.1) is 18.1 Å². The summed E-state index contributed by atoms with van der Waals surface area (Å²) in [6, 6.07) is 17.6. The molecule has 2 aromatic carbocycles. The fraction of sp³-hybridized carbons (Fsp3) is 0.250. The van der Waals surface area contributed by atoms with Crippen molar-refractivity contribution in [2.24, 2.45) is 10.2 Å². The van der Waals surface area contributed by atoms with E-state index in [1.165, 1.54) is 11.8 Å². The number of nitrogens with zero attached hydrogens (tertiary/aromatic N) is 2. The zero-order valence-electron chi connectivity index (χ0n) is 14.6. The van der Waals surface area contributed by atoms with Gasteiger partial charge in [-0.3, -0.25) is 4.79 Å². The molecule has 3 rings (SSSR count). The van der Waals surface area contributed by atoms with Crippen molar-refractivity contribution in [2.45, 2.75) is 25.0 Å². The Morgan fingerprint density at radius 3 is 2.65 bits per heavy atom. The number of carbonyl (C=O) groups excluding carboxylic acids is 1.